The third-order valence-corrected chi connectivity index (χ3v) is 11.4. The van der Waals surface area contributed by atoms with Crippen molar-refractivity contribution >= 4 is 65.8 Å². The molecule has 0 radical (unpaired) electrons. The lowest BCUT2D eigenvalue weighted by atomic mass is 9.82. The van der Waals surface area contributed by atoms with E-state index in [1.807, 2.05) is 12.1 Å². The van der Waals surface area contributed by atoms with Gasteiger partial charge in [-0.15, -0.1) is 0 Å². The van der Waals surface area contributed by atoms with Gasteiger partial charge in [0.1, 0.15) is 11.7 Å². The Bertz CT molecular complexity index is 2950. The summed E-state index contributed by atoms with van der Waals surface area (Å²) in [6.07, 6.45) is -0.541. The molecule has 0 saturated carbocycles. The first kappa shape index (κ1) is 29.2. The van der Waals surface area contributed by atoms with Crippen LogP contribution in [0.4, 0.5) is 0 Å². The van der Waals surface area contributed by atoms with Gasteiger partial charge in [-0.3, -0.25) is 4.57 Å². The van der Waals surface area contributed by atoms with E-state index < -0.39 is 6.29 Å². The Labute approximate surface area is 301 Å². The van der Waals surface area contributed by atoms with E-state index >= 15 is 0 Å². The van der Waals surface area contributed by atoms with Gasteiger partial charge in [0, 0.05) is 27.3 Å². The largest absolute Gasteiger partial charge is 0.324 e. The summed E-state index contributed by atoms with van der Waals surface area (Å²) >= 11 is 0. The Kier molecular flexibility index (Phi) is 6.04. The van der Waals surface area contributed by atoms with Crippen molar-refractivity contribution in [3.05, 3.63) is 180 Å². The maximum Gasteiger partial charge on any atom is 0.224 e. The topological polar surface area (TPSA) is 41.7 Å². The van der Waals surface area contributed by atoms with E-state index in [2.05, 4.69) is 169 Å². The number of nitrogens with zero attached hydrogens (tertiary/aromatic N) is 3. The van der Waals surface area contributed by atoms with Crippen molar-refractivity contribution in [2.45, 2.75) is 25.6 Å². The van der Waals surface area contributed by atoms with Gasteiger partial charge in [-0.05, 0) is 78.8 Å². The number of nitrogens with one attached hydrogen (secondary N) is 1. The van der Waals surface area contributed by atoms with Crippen LogP contribution in [0.15, 0.2) is 168 Å². The fraction of sp³-hybridized carbons (Fsp3) is 0.0833. The molecule has 0 saturated heterocycles. The van der Waals surface area contributed by atoms with Gasteiger partial charge >= 0.3 is 0 Å². The quantitative estimate of drug-likeness (QED) is 0.187. The lowest BCUT2D eigenvalue weighted by Crippen LogP contribution is -2.36. The average Bonchev–Trinajstić information content (AvgIpc) is 3.64. The molecule has 0 unspecified atom stereocenters. The maximum absolute atomic E-state index is 5.41. The molecule has 1 N–H and O–H groups in total. The Morgan fingerprint density at radius 2 is 0.923 bits per heavy atom. The van der Waals surface area contributed by atoms with Crippen LogP contribution in [-0.2, 0) is 5.41 Å². The van der Waals surface area contributed by atoms with Gasteiger partial charge < -0.3 is 5.32 Å². The smallest absolute Gasteiger partial charge is 0.224 e. The van der Waals surface area contributed by atoms with E-state index in [0.717, 1.165) is 33.8 Å². The van der Waals surface area contributed by atoms with E-state index in [1.165, 1.54) is 65.3 Å². The number of amidine groups is 2. The van der Waals surface area contributed by atoms with Crippen LogP contribution in [0.5, 0.6) is 0 Å². The first-order valence-electron chi connectivity index (χ1n) is 18.0. The third kappa shape index (κ3) is 4.09. The molecule has 8 aromatic carbocycles. The fourth-order valence-corrected chi connectivity index (χ4v) is 8.92. The highest BCUT2D eigenvalue weighted by Gasteiger charge is 2.36. The van der Waals surface area contributed by atoms with Crippen LogP contribution >= 0.6 is 0 Å². The van der Waals surface area contributed by atoms with E-state index in [9.17, 15) is 0 Å². The minimum Gasteiger partial charge on any atom is -0.324 e. The zero-order valence-corrected chi connectivity index (χ0v) is 28.9. The lowest BCUT2D eigenvalue weighted by Gasteiger charge is -2.25. The first-order valence-corrected chi connectivity index (χ1v) is 18.0. The second kappa shape index (κ2) is 10.7. The number of fused-ring (bicyclic) bond motifs is 12. The number of hydrogen-bond acceptors (Lipinski definition) is 3. The van der Waals surface area contributed by atoms with Crippen LogP contribution in [0, 0.1) is 0 Å². The molecular weight excluding hydrogens is 633 g/mol. The maximum atomic E-state index is 5.41. The van der Waals surface area contributed by atoms with Crippen LogP contribution in [-0.4, -0.2) is 16.2 Å². The minimum absolute atomic E-state index is 0.149. The van der Waals surface area contributed by atoms with Gasteiger partial charge in [-0.1, -0.05) is 147 Å². The van der Waals surface area contributed by atoms with E-state index in [4.69, 9.17) is 9.98 Å². The number of aliphatic imine (C=N–C) groups is 2. The Balaban J connectivity index is 1.29. The molecule has 4 nitrogen and oxygen atoms in total. The molecule has 246 valence electrons. The highest BCUT2D eigenvalue weighted by Crippen LogP contribution is 2.51. The molecule has 0 bridgehead atoms. The lowest BCUT2D eigenvalue weighted by molar-refractivity contribution is 0.574. The van der Waals surface area contributed by atoms with Crippen molar-refractivity contribution < 1.29 is 0 Å². The second-order valence-electron chi connectivity index (χ2n) is 14.6. The number of aromatic nitrogens is 1. The summed E-state index contributed by atoms with van der Waals surface area (Å²) in [5.41, 5.74) is 9.49. The molecule has 4 heteroatoms. The molecular formula is C48H34N4. The van der Waals surface area contributed by atoms with Gasteiger partial charge in [-0.25, -0.2) is 9.98 Å². The molecule has 1 aromatic heterocycles. The molecule has 0 fully saturated rings. The predicted octanol–water partition coefficient (Wildman–Crippen LogP) is 11.5. The van der Waals surface area contributed by atoms with Gasteiger partial charge in [0.15, 0.2) is 0 Å². The highest BCUT2D eigenvalue weighted by atomic mass is 15.3. The summed E-state index contributed by atoms with van der Waals surface area (Å²) < 4.78 is 2.39. The molecule has 0 amide bonds. The monoisotopic (exact) mass is 666 g/mol. The normalized spacial score (nSPS) is 15.2. The van der Waals surface area contributed by atoms with Gasteiger partial charge in [0.25, 0.3) is 0 Å². The van der Waals surface area contributed by atoms with Gasteiger partial charge in [0.2, 0.25) is 6.29 Å². The van der Waals surface area contributed by atoms with Crippen molar-refractivity contribution in [2.24, 2.45) is 9.98 Å². The molecule has 1 aliphatic heterocycles. The van der Waals surface area contributed by atoms with Crippen molar-refractivity contribution in [3.8, 4) is 11.1 Å². The molecule has 0 spiro atoms. The number of benzene rings is 8. The van der Waals surface area contributed by atoms with Crippen molar-refractivity contribution in [3.63, 3.8) is 0 Å². The molecule has 0 atom stereocenters. The first-order chi connectivity index (χ1) is 25.5. The van der Waals surface area contributed by atoms with Crippen molar-refractivity contribution in [2.75, 3.05) is 0 Å². The summed E-state index contributed by atoms with van der Waals surface area (Å²) in [5, 5.41) is 13.6. The molecule has 52 heavy (non-hydrogen) atoms. The van der Waals surface area contributed by atoms with Crippen LogP contribution < -0.4 is 5.32 Å². The molecule has 11 rings (SSSR count). The molecule has 2 aliphatic rings. The summed E-state index contributed by atoms with van der Waals surface area (Å²) in [7, 11) is 0. The van der Waals surface area contributed by atoms with Crippen LogP contribution in [0.2, 0.25) is 0 Å². The third-order valence-electron chi connectivity index (χ3n) is 11.4. The van der Waals surface area contributed by atoms with Crippen molar-refractivity contribution in [1.29, 1.82) is 0 Å². The number of hydrogen-bond donors (Lipinski definition) is 1. The van der Waals surface area contributed by atoms with E-state index in [-0.39, 0.29) is 5.41 Å². The molecule has 9 aromatic rings. The molecule has 2 heterocycles. The van der Waals surface area contributed by atoms with Gasteiger partial charge in [-0.2, -0.15) is 0 Å². The van der Waals surface area contributed by atoms with Crippen LogP contribution in [0.25, 0.3) is 65.3 Å². The van der Waals surface area contributed by atoms with Crippen LogP contribution in [0.3, 0.4) is 0 Å². The van der Waals surface area contributed by atoms with E-state index in [1.54, 1.807) is 0 Å². The Hall–Kier alpha value is -6.52. The predicted molar refractivity (Wildman–Crippen MR) is 218 cm³/mol. The fourth-order valence-electron chi connectivity index (χ4n) is 8.92. The minimum atomic E-state index is -0.541. The summed E-state index contributed by atoms with van der Waals surface area (Å²) in [6, 6.07) is 57.0. The second-order valence-corrected chi connectivity index (χ2v) is 14.6. The average molecular weight is 667 g/mol. The Morgan fingerprint density at radius 3 is 1.54 bits per heavy atom. The van der Waals surface area contributed by atoms with Crippen molar-refractivity contribution in [1.82, 2.24) is 9.88 Å². The number of rotatable bonds is 3. The summed E-state index contributed by atoms with van der Waals surface area (Å²) in [5.74, 6) is 1.61. The standard InChI is InChI=1S/C48H34N4/c1-48(2)41-24-14-13-23-35(41)38-26-40-39-25-36-33-21-11-9-19-31(33)32-20-10-12-22-34(32)37(36)27-43(39)52(44(40)28-42(38)48)47-50-45(29-15-5-3-6-16-29)49-46(51-47)30-17-7-4-8-18-30/h3-28,47H,1-2H3,(H,49,50,51). The highest BCUT2D eigenvalue weighted by molar-refractivity contribution is 6.29. The Morgan fingerprint density at radius 1 is 0.442 bits per heavy atom. The summed E-state index contributed by atoms with van der Waals surface area (Å²) in [6.45, 7) is 4.70. The summed E-state index contributed by atoms with van der Waals surface area (Å²) in [4.78, 5) is 10.8. The van der Waals surface area contributed by atoms with E-state index in [0.29, 0.717) is 0 Å². The van der Waals surface area contributed by atoms with Crippen LogP contribution in [0.1, 0.15) is 42.4 Å². The SMILES string of the molecule is CC1(C)c2ccccc2-c2cc3c4cc5c6ccccc6c6ccccc6c5cc4n(C4N=C(c5ccccc5)NC(c5ccccc5)=N4)c3cc21. The van der Waals surface area contributed by atoms with Gasteiger partial charge in [0.05, 0.1) is 11.0 Å². The zero-order chi connectivity index (χ0) is 34.6. The zero-order valence-electron chi connectivity index (χ0n) is 28.9. The molecule has 1 aliphatic carbocycles.